The molecule has 1 aliphatic rings. The average Bonchev–Trinajstić information content (AvgIpc) is 3.03. The minimum Gasteiger partial charge on any atom is -0.396 e. The second kappa shape index (κ2) is 5.43. The number of rotatable bonds is 3. The zero-order chi connectivity index (χ0) is 14.1. The molecule has 7 heteroatoms. The van der Waals surface area contributed by atoms with Gasteiger partial charge in [-0.25, -0.2) is 0 Å². The highest BCUT2D eigenvalue weighted by molar-refractivity contribution is 7.00. The quantitative estimate of drug-likeness (QED) is 0.768. The lowest BCUT2D eigenvalue weighted by molar-refractivity contribution is 0.0903. The number of benzene rings is 1. The van der Waals surface area contributed by atoms with Crippen LogP contribution in [0.1, 0.15) is 23.2 Å². The highest BCUT2D eigenvalue weighted by atomic mass is 32.1. The molecule has 1 amide bonds. The van der Waals surface area contributed by atoms with Gasteiger partial charge in [0.05, 0.1) is 17.8 Å². The first-order chi connectivity index (χ1) is 9.67. The SMILES string of the molecule is O=C(N[C@H]1C[C@@H](CO)[C@H](O)C1)c1ccc2nsnc2c1. The number of fused-ring (bicyclic) bond motifs is 1. The molecule has 3 N–H and O–H groups in total. The van der Waals surface area contributed by atoms with E-state index in [0.29, 0.717) is 23.9 Å². The molecule has 1 aliphatic carbocycles. The van der Waals surface area contributed by atoms with Gasteiger partial charge in [0.25, 0.3) is 5.91 Å². The van der Waals surface area contributed by atoms with Gasteiger partial charge in [-0.3, -0.25) is 4.79 Å². The van der Waals surface area contributed by atoms with E-state index in [1.54, 1.807) is 18.2 Å². The van der Waals surface area contributed by atoms with Gasteiger partial charge in [0.2, 0.25) is 0 Å². The summed E-state index contributed by atoms with van der Waals surface area (Å²) in [6.45, 7) is -0.0516. The molecule has 106 valence electrons. The molecule has 0 unspecified atom stereocenters. The molecule has 0 radical (unpaired) electrons. The van der Waals surface area contributed by atoms with Gasteiger partial charge in [0, 0.05) is 24.1 Å². The van der Waals surface area contributed by atoms with Gasteiger partial charge in [0.1, 0.15) is 11.0 Å². The van der Waals surface area contributed by atoms with Gasteiger partial charge in [0.15, 0.2) is 0 Å². The molecule has 3 atom stereocenters. The standard InChI is InChI=1S/C13H15N3O3S/c17-6-8-3-9(5-12(8)18)14-13(19)7-1-2-10-11(4-7)16-20-15-10/h1-2,4,8-9,12,17-18H,3,5-6H2,(H,14,19)/t8-,9-,12+/m0/s1. The summed E-state index contributed by atoms with van der Waals surface area (Å²) < 4.78 is 8.20. The van der Waals surface area contributed by atoms with Crippen molar-refractivity contribution in [1.29, 1.82) is 0 Å². The second-order valence-electron chi connectivity index (χ2n) is 5.12. The molecule has 1 heterocycles. The Bertz CT molecular complexity index is 630. The van der Waals surface area contributed by atoms with E-state index in [4.69, 9.17) is 5.11 Å². The number of aliphatic hydroxyl groups is 2. The van der Waals surface area contributed by atoms with Crippen LogP contribution in [0.25, 0.3) is 11.0 Å². The van der Waals surface area contributed by atoms with Crippen LogP contribution < -0.4 is 5.32 Å². The lowest BCUT2D eigenvalue weighted by atomic mass is 10.1. The minimum atomic E-state index is -0.546. The first-order valence-corrected chi connectivity index (χ1v) is 7.22. The third-order valence-electron chi connectivity index (χ3n) is 3.74. The number of carbonyl (C=O) groups is 1. The molecule has 6 nitrogen and oxygen atoms in total. The Morgan fingerprint density at radius 3 is 2.90 bits per heavy atom. The van der Waals surface area contributed by atoms with Crippen LogP contribution in [0.3, 0.4) is 0 Å². The predicted molar refractivity (Wildman–Crippen MR) is 74.5 cm³/mol. The van der Waals surface area contributed by atoms with Gasteiger partial charge < -0.3 is 15.5 Å². The average molecular weight is 293 g/mol. The van der Waals surface area contributed by atoms with E-state index in [1.807, 2.05) is 0 Å². The fourth-order valence-electron chi connectivity index (χ4n) is 2.61. The van der Waals surface area contributed by atoms with Crippen LogP contribution in [0, 0.1) is 5.92 Å². The smallest absolute Gasteiger partial charge is 0.251 e. The van der Waals surface area contributed by atoms with Crippen molar-refractivity contribution in [3.8, 4) is 0 Å². The maximum atomic E-state index is 12.2. The van der Waals surface area contributed by atoms with E-state index in [1.165, 1.54) is 0 Å². The molecule has 20 heavy (non-hydrogen) atoms. The first kappa shape index (κ1) is 13.4. The molecule has 0 bridgehead atoms. The Hall–Kier alpha value is -1.57. The van der Waals surface area contributed by atoms with E-state index in [-0.39, 0.29) is 24.5 Å². The zero-order valence-electron chi connectivity index (χ0n) is 10.7. The first-order valence-electron chi connectivity index (χ1n) is 6.49. The molecule has 0 aliphatic heterocycles. The minimum absolute atomic E-state index is 0.0516. The number of nitrogens with zero attached hydrogens (tertiary/aromatic N) is 2. The third-order valence-corrected chi connectivity index (χ3v) is 4.30. The van der Waals surface area contributed by atoms with Crippen LogP contribution >= 0.6 is 11.7 Å². The van der Waals surface area contributed by atoms with Crippen molar-refractivity contribution in [1.82, 2.24) is 14.1 Å². The Labute approximate surface area is 119 Å². The monoisotopic (exact) mass is 293 g/mol. The number of carbonyl (C=O) groups excluding carboxylic acids is 1. The van der Waals surface area contributed by atoms with Crippen molar-refractivity contribution in [2.24, 2.45) is 5.92 Å². The number of nitrogens with one attached hydrogen (secondary N) is 1. The Kier molecular flexibility index (Phi) is 3.64. The van der Waals surface area contributed by atoms with Gasteiger partial charge in [-0.1, -0.05) is 0 Å². The van der Waals surface area contributed by atoms with Crippen LogP contribution in [-0.4, -0.2) is 43.6 Å². The summed E-state index contributed by atoms with van der Waals surface area (Å²) in [5.74, 6) is -0.332. The maximum Gasteiger partial charge on any atom is 0.251 e. The summed E-state index contributed by atoms with van der Waals surface area (Å²) in [4.78, 5) is 12.2. The molecular formula is C13H15N3O3S. The molecule has 2 aromatic rings. The van der Waals surface area contributed by atoms with Crippen LogP contribution in [0.2, 0.25) is 0 Å². The van der Waals surface area contributed by atoms with Crippen molar-refractivity contribution in [2.75, 3.05) is 6.61 Å². The lowest BCUT2D eigenvalue weighted by Crippen LogP contribution is -2.33. The number of hydrogen-bond acceptors (Lipinski definition) is 6. The fraction of sp³-hybridized carbons (Fsp3) is 0.462. The van der Waals surface area contributed by atoms with Crippen molar-refractivity contribution >= 4 is 28.7 Å². The number of aromatic nitrogens is 2. The summed E-state index contributed by atoms with van der Waals surface area (Å²) in [7, 11) is 0. The van der Waals surface area contributed by atoms with E-state index in [9.17, 15) is 9.90 Å². The summed E-state index contributed by atoms with van der Waals surface area (Å²) in [5.41, 5.74) is 2.03. The lowest BCUT2D eigenvalue weighted by Gasteiger charge is -2.12. The number of aliphatic hydroxyl groups excluding tert-OH is 2. The Morgan fingerprint density at radius 1 is 1.35 bits per heavy atom. The summed E-state index contributed by atoms with van der Waals surface area (Å²) in [6.07, 6.45) is 0.539. The van der Waals surface area contributed by atoms with Crippen LogP contribution in [0.15, 0.2) is 18.2 Å². The molecular weight excluding hydrogens is 278 g/mol. The topological polar surface area (TPSA) is 95.3 Å². The molecule has 1 saturated carbocycles. The van der Waals surface area contributed by atoms with E-state index in [2.05, 4.69) is 14.1 Å². The van der Waals surface area contributed by atoms with Crippen molar-refractivity contribution < 1.29 is 15.0 Å². The third kappa shape index (κ3) is 2.52. The fourth-order valence-corrected chi connectivity index (χ4v) is 3.13. The van der Waals surface area contributed by atoms with Crippen molar-refractivity contribution in [3.05, 3.63) is 23.8 Å². The Balaban J connectivity index is 1.70. The number of amides is 1. The highest BCUT2D eigenvalue weighted by Gasteiger charge is 2.33. The Morgan fingerprint density at radius 2 is 2.15 bits per heavy atom. The van der Waals surface area contributed by atoms with Crippen molar-refractivity contribution in [3.63, 3.8) is 0 Å². The number of hydrogen-bond donors (Lipinski definition) is 3. The maximum absolute atomic E-state index is 12.2. The van der Waals surface area contributed by atoms with Crippen LogP contribution in [-0.2, 0) is 0 Å². The van der Waals surface area contributed by atoms with Crippen molar-refractivity contribution in [2.45, 2.75) is 25.0 Å². The van der Waals surface area contributed by atoms with Gasteiger partial charge in [-0.2, -0.15) is 8.75 Å². The van der Waals surface area contributed by atoms with Crippen LogP contribution in [0.4, 0.5) is 0 Å². The highest BCUT2D eigenvalue weighted by Crippen LogP contribution is 2.26. The molecule has 3 rings (SSSR count). The summed E-state index contributed by atoms with van der Waals surface area (Å²) in [6, 6.07) is 5.10. The van der Waals surface area contributed by atoms with E-state index < -0.39 is 6.10 Å². The predicted octanol–water partition coefficient (Wildman–Crippen LogP) is 0.553. The molecule has 0 saturated heterocycles. The summed E-state index contributed by atoms with van der Waals surface area (Å²) in [5, 5.41) is 21.7. The summed E-state index contributed by atoms with van der Waals surface area (Å²) >= 11 is 1.12. The molecule has 1 fully saturated rings. The molecule has 1 aromatic carbocycles. The van der Waals surface area contributed by atoms with Gasteiger partial charge in [-0.05, 0) is 31.0 Å². The van der Waals surface area contributed by atoms with Gasteiger partial charge >= 0.3 is 0 Å². The van der Waals surface area contributed by atoms with E-state index in [0.717, 1.165) is 17.2 Å². The van der Waals surface area contributed by atoms with Crippen LogP contribution in [0.5, 0.6) is 0 Å². The zero-order valence-corrected chi connectivity index (χ0v) is 11.5. The van der Waals surface area contributed by atoms with E-state index >= 15 is 0 Å². The molecule has 1 aromatic heterocycles. The van der Waals surface area contributed by atoms with Gasteiger partial charge in [-0.15, -0.1) is 0 Å². The second-order valence-corrected chi connectivity index (χ2v) is 5.65. The largest absolute Gasteiger partial charge is 0.396 e. The molecule has 0 spiro atoms. The normalized spacial score (nSPS) is 26.0.